The number of hydrogen-bond donors (Lipinski definition) is 1. The van der Waals surface area contributed by atoms with Crippen LogP contribution in [-0.2, 0) is 0 Å². The quantitative estimate of drug-likeness (QED) is 0.809. The van der Waals surface area contributed by atoms with Crippen molar-refractivity contribution in [2.45, 2.75) is 13.3 Å². The van der Waals surface area contributed by atoms with E-state index in [2.05, 4.69) is 9.72 Å². The van der Waals surface area contributed by atoms with Crippen LogP contribution in [0, 0.1) is 10.5 Å². The molecular weight excluding hydrogens is 312 g/mol. The number of hydrogen-bond acceptors (Lipinski definition) is 3. The maximum absolute atomic E-state index is 11.9. The van der Waals surface area contributed by atoms with Crippen LogP contribution in [0.1, 0.15) is 5.56 Å². The molecule has 7 heteroatoms. The molecule has 0 fully saturated rings. The van der Waals surface area contributed by atoms with Gasteiger partial charge >= 0.3 is 6.36 Å². The van der Waals surface area contributed by atoms with Crippen LogP contribution >= 0.6 is 22.6 Å². The summed E-state index contributed by atoms with van der Waals surface area (Å²) < 4.78 is 39.9. The highest BCUT2D eigenvalue weighted by atomic mass is 127. The van der Waals surface area contributed by atoms with Crippen LogP contribution in [0.5, 0.6) is 5.88 Å². The Bertz CT molecular complexity index is 354. The number of aromatic nitrogens is 1. The average molecular weight is 318 g/mol. The lowest BCUT2D eigenvalue weighted by molar-refractivity contribution is -0.276. The van der Waals surface area contributed by atoms with Crippen molar-refractivity contribution in [2.24, 2.45) is 0 Å². The summed E-state index contributed by atoms with van der Waals surface area (Å²) >= 11 is 1.86. The minimum atomic E-state index is -4.74. The molecule has 1 heterocycles. The zero-order chi connectivity index (χ0) is 10.9. The highest BCUT2D eigenvalue weighted by Crippen LogP contribution is 2.28. The first kappa shape index (κ1) is 11.3. The monoisotopic (exact) mass is 318 g/mol. The van der Waals surface area contributed by atoms with E-state index in [1.807, 2.05) is 22.6 Å². The second-order valence-corrected chi connectivity index (χ2v) is 3.67. The predicted octanol–water partition coefficient (Wildman–Crippen LogP) is 2.48. The summed E-state index contributed by atoms with van der Waals surface area (Å²) in [6.07, 6.45) is -4.74. The highest BCUT2D eigenvalue weighted by Gasteiger charge is 2.32. The lowest BCUT2D eigenvalue weighted by Gasteiger charge is -2.11. The lowest BCUT2D eigenvalue weighted by atomic mass is 10.3. The fraction of sp³-hybridized carbons (Fsp3) is 0.286. The van der Waals surface area contributed by atoms with Gasteiger partial charge in [-0.2, -0.15) is 4.98 Å². The van der Waals surface area contributed by atoms with Crippen LogP contribution in [0.4, 0.5) is 19.0 Å². The number of ether oxygens (including phenoxy) is 1. The Kier molecular flexibility index (Phi) is 3.07. The summed E-state index contributed by atoms with van der Waals surface area (Å²) in [5.74, 6) is -0.499. The van der Waals surface area contributed by atoms with Crippen molar-refractivity contribution in [1.29, 1.82) is 0 Å². The SMILES string of the molecule is Cc1c(I)cc(N)nc1OC(F)(F)F. The van der Waals surface area contributed by atoms with Gasteiger partial charge in [0.2, 0.25) is 5.88 Å². The fourth-order valence-corrected chi connectivity index (χ4v) is 1.33. The maximum Gasteiger partial charge on any atom is 0.574 e. The molecule has 0 amide bonds. The molecule has 78 valence electrons. The van der Waals surface area contributed by atoms with Crippen LogP contribution in [0.25, 0.3) is 0 Å². The van der Waals surface area contributed by atoms with Crippen LogP contribution < -0.4 is 10.5 Å². The zero-order valence-corrected chi connectivity index (χ0v) is 9.18. The third-order valence-corrected chi connectivity index (χ3v) is 2.52. The Morgan fingerprint density at radius 3 is 2.57 bits per heavy atom. The third kappa shape index (κ3) is 2.89. The molecule has 0 unspecified atom stereocenters. The van der Waals surface area contributed by atoms with Gasteiger partial charge in [0.15, 0.2) is 0 Å². The molecule has 1 aromatic rings. The van der Waals surface area contributed by atoms with Crippen molar-refractivity contribution in [3.05, 3.63) is 15.2 Å². The van der Waals surface area contributed by atoms with Gasteiger partial charge in [0.05, 0.1) is 0 Å². The topological polar surface area (TPSA) is 48.1 Å². The second-order valence-electron chi connectivity index (χ2n) is 2.51. The summed E-state index contributed by atoms with van der Waals surface area (Å²) in [5.41, 5.74) is 5.60. The van der Waals surface area contributed by atoms with Gasteiger partial charge in [-0.05, 0) is 35.6 Å². The number of nitrogens with two attached hydrogens (primary N) is 1. The van der Waals surface area contributed by atoms with E-state index in [9.17, 15) is 13.2 Å². The number of nitrogens with zero attached hydrogens (tertiary/aromatic N) is 1. The Labute approximate surface area is 91.6 Å². The van der Waals surface area contributed by atoms with E-state index in [0.717, 1.165) is 0 Å². The Balaban J connectivity index is 3.09. The number of nitrogen functional groups attached to an aromatic ring is 1. The predicted molar refractivity (Wildman–Crippen MR) is 52.8 cm³/mol. The molecule has 0 spiro atoms. The molecule has 14 heavy (non-hydrogen) atoms. The normalized spacial score (nSPS) is 11.5. The summed E-state index contributed by atoms with van der Waals surface area (Å²) in [4.78, 5) is 3.45. The molecule has 0 atom stereocenters. The number of rotatable bonds is 1. The molecule has 0 saturated carbocycles. The molecule has 0 aliphatic rings. The zero-order valence-electron chi connectivity index (χ0n) is 7.02. The highest BCUT2D eigenvalue weighted by molar-refractivity contribution is 14.1. The van der Waals surface area contributed by atoms with Crippen molar-refractivity contribution in [2.75, 3.05) is 5.73 Å². The van der Waals surface area contributed by atoms with Gasteiger partial charge < -0.3 is 10.5 Å². The van der Waals surface area contributed by atoms with Crippen LogP contribution in [0.3, 0.4) is 0 Å². The van der Waals surface area contributed by atoms with E-state index in [1.54, 1.807) is 0 Å². The van der Waals surface area contributed by atoms with Crippen LogP contribution in [-0.4, -0.2) is 11.3 Å². The van der Waals surface area contributed by atoms with Gasteiger partial charge in [-0.25, -0.2) is 0 Å². The number of anilines is 1. The van der Waals surface area contributed by atoms with Crippen molar-refractivity contribution in [3.8, 4) is 5.88 Å². The Morgan fingerprint density at radius 2 is 2.07 bits per heavy atom. The molecule has 0 aliphatic carbocycles. The molecule has 2 N–H and O–H groups in total. The largest absolute Gasteiger partial charge is 0.574 e. The molecule has 0 radical (unpaired) electrons. The van der Waals surface area contributed by atoms with Gasteiger partial charge in [-0.3, -0.25) is 0 Å². The standard InChI is InChI=1S/C7H6F3IN2O/c1-3-4(11)2-5(12)13-6(3)14-7(8,9)10/h2H,1H3,(H2,12,13). The molecule has 0 bridgehead atoms. The van der Waals surface area contributed by atoms with Crippen LogP contribution in [0.15, 0.2) is 6.07 Å². The second kappa shape index (κ2) is 3.79. The van der Waals surface area contributed by atoms with Crippen molar-refractivity contribution in [3.63, 3.8) is 0 Å². The van der Waals surface area contributed by atoms with Gasteiger partial charge in [-0.15, -0.1) is 13.2 Å². The molecule has 3 nitrogen and oxygen atoms in total. The van der Waals surface area contributed by atoms with Crippen molar-refractivity contribution < 1.29 is 17.9 Å². The molecule has 0 aliphatic heterocycles. The first-order valence-corrected chi connectivity index (χ1v) is 4.56. The van der Waals surface area contributed by atoms with E-state index in [-0.39, 0.29) is 5.82 Å². The molecule has 1 rings (SSSR count). The van der Waals surface area contributed by atoms with Crippen molar-refractivity contribution in [1.82, 2.24) is 4.98 Å². The van der Waals surface area contributed by atoms with Crippen molar-refractivity contribution >= 4 is 28.4 Å². The number of halogens is 4. The fourth-order valence-electron chi connectivity index (χ4n) is 0.783. The van der Waals surface area contributed by atoms with Gasteiger partial charge in [0.25, 0.3) is 0 Å². The lowest BCUT2D eigenvalue weighted by Crippen LogP contribution is -2.19. The smallest absolute Gasteiger partial charge is 0.387 e. The molecule has 0 saturated heterocycles. The first-order chi connectivity index (χ1) is 6.29. The summed E-state index contributed by atoms with van der Waals surface area (Å²) in [5, 5.41) is 0. The van der Waals surface area contributed by atoms with E-state index in [1.165, 1.54) is 13.0 Å². The first-order valence-electron chi connectivity index (χ1n) is 3.48. The maximum atomic E-state index is 11.9. The molecular formula is C7H6F3IN2O. The number of pyridine rings is 1. The number of alkyl halides is 3. The Hall–Kier alpha value is -0.730. The summed E-state index contributed by atoms with van der Waals surface area (Å²) in [7, 11) is 0. The van der Waals surface area contributed by atoms with Gasteiger partial charge in [0, 0.05) is 9.13 Å². The Morgan fingerprint density at radius 1 is 1.50 bits per heavy atom. The summed E-state index contributed by atoms with van der Waals surface area (Å²) in [6.45, 7) is 1.48. The minimum Gasteiger partial charge on any atom is -0.387 e. The summed E-state index contributed by atoms with van der Waals surface area (Å²) in [6, 6.07) is 1.47. The van der Waals surface area contributed by atoms with E-state index in [0.29, 0.717) is 9.13 Å². The van der Waals surface area contributed by atoms with Gasteiger partial charge in [0.1, 0.15) is 5.82 Å². The molecule has 1 aromatic heterocycles. The van der Waals surface area contributed by atoms with E-state index in [4.69, 9.17) is 5.73 Å². The van der Waals surface area contributed by atoms with Crippen LogP contribution in [0.2, 0.25) is 0 Å². The van der Waals surface area contributed by atoms with Gasteiger partial charge in [-0.1, -0.05) is 0 Å². The minimum absolute atomic E-state index is 0.000694. The van der Waals surface area contributed by atoms with E-state index >= 15 is 0 Å². The third-order valence-electron chi connectivity index (χ3n) is 1.40. The average Bonchev–Trinajstić information content (AvgIpc) is 1.96. The molecule has 0 aromatic carbocycles. The van der Waals surface area contributed by atoms with E-state index < -0.39 is 12.2 Å².